The highest BCUT2D eigenvalue weighted by molar-refractivity contribution is 14.0. The smallest absolute Gasteiger partial charge is 0.191 e. The van der Waals surface area contributed by atoms with Gasteiger partial charge >= 0.3 is 0 Å². The van der Waals surface area contributed by atoms with Crippen molar-refractivity contribution >= 4 is 53.1 Å². The van der Waals surface area contributed by atoms with Crippen LogP contribution in [0.3, 0.4) is 0 Å². The standard InChI is InChI=1S/C19H20Cl2N6.HI/c1-2-22-19(25-13-15-4-5-16(20)11-17(15)21)24-12-14-6-8-23-18(10-14)27-9-3-7-26-27;/h3-11H,2,12-13H2,1H3,(H2,22,24,25);1H. The Morgan fingerprint density at radius 2 is 2.00 bits per heavy atom. The van der Waals surface area contributed by atoms with Gasteiger partial charge < -0.3 is 10.6 Å². The number of aliphatic imine (C=N–C) groups is 1. The summed E-state index contributed by atoms with van der Waals surface area (Å²) in [5, 5.41) is 12.0. The monoisotopic (exact) mass is 530 g/mol. The third-order valence-electron chi connectivity index (χ3n) is 3.77. The van der Waals surface area contributed by atoms with Crippen molar-refractivity contribution in [3.8, 4) is 5.82 Å². The summed E-state index contributed by atoms with van der Waals surface area (Å²) >= 11 is 12.2. The third-order valence-corrected chi connectivity index (χ3v) is 4.36. The number of guanidine groups is 1. The van der Waals surface area contributed by atoms with E-state index in [0.29, 0.717) is 29.1 Å². The summed E-state index contributed by atoms with van der Waals surface area (Å²) in [4.78, 5) is 8.97. The van der Waals surface area contributed by atoms with E-state index in [2.05, 4.69) is 25.7 Å². The summed E-state index contributed by atoms with van der Waals surface area (Å²) in [7, 11) is 0. The maximum Gasteiger partial charge on any atom is 0.191 e. The Morgan fingerprint density at radius 3 is 2.71 bits per heavy atom. The zero-order valence-corrected chi connectivity index (χ0v) is 19.1. The Morgan fingerprint density at radius 1 is 1.14 bits per heavy atom. The van der Waals surface area contributed by atoms with Gasteiger partial charge in [0.1, 0.15) is 0 Å². The van der Waals surface area contributed by atoms with Crippen molar-refractivity contribution in [1.82, 2.24) is 25.4 Å². The summed E-state index contributed by atoms with van der Waals surface area (Å²) in [5.74, 6) is 1.47. The van der Waals surface area contributed by atoms with Crippen LogP contribution in [0.25, 0.3) is 5.82 Å². The van der Waals surface area contributed by atoms with E-state index in [4.69, 9.17) is 23.2 Å². The van der Waals surface area contributed by atoms with E-state index in [1.807, 2.05) is 43.5 Å². The highest BCUT2D eigenvalue weighted by atomic mass is 127. The molecule has 0 atom stereocenters. The van der Waals surface area contributed by atoms with Crippen molar-refractivity contribution in [2.45, 2.75) is 20.0 Å². The third kappa shape index (κ3) is 6.35. The van der Waals surface area contributed by atoms with Crippen LogP contribution in [0.2, 0.25) is 10.0 Å². The number of nitrogens with one attached hydrogen (secondary N) is 2. The molecule has 28 heavy (non-hydrogen) atoms. The predicted molar refractivity (Wildman–Crippen MR) is 125 cm³/mol. The van der Waals surface area contributed by atoms with Gasteiger partial charge in [-0.05, 0) is 48.4 Å². The Labute approximate surface area is 191 Å². The molecule has 0 aliphatic heterocycles. The van der Waals surface area contributed by atoms with Crippen molar-refractivity contribution < 1.29 is 0 Å². The maximum absolute atomic E-state index is 6.23. The second-order valence-electron chi connectivity index (χ2n) is 5.76. The average Bonchev–Trinajstić information content (AvgIpc) is 3.20. The van der Waals surface area contributed by atoms with E-state index in [1.54, 1.807) is 23.1 Å². The first kappa shape index (κ1) is 22.4. The van der Waals surface area contributed by atoms with Crippen LogP contribution in [0.5, 0.6) is 0 Å². The molecular weight excluding hydrogens is 510 g/mol. The first-order valence-corrected chi connectivity index (χ1v) is 9.32. The molecule has 1 aromatic carbocycles. The minimum absolute atomic E-state index is 0. The lowest BCUT2D eigenvalue weighted by Crippen LogP contribution is -2.36. The van der Waals surface area contributed by atoms with Crippen LogP contribution in [0.4, 0.5) is 0 Å². The minimum atomic E-state index is 0. The van der Waals surface area contributed by atoms with Crippen molar-refractivity contribution in [3.05, 3.63) is 76.2 Å². The summed E-state index contributed by atoms with van der Waals surface area (Å²) in [6.45, 7) is 3.85. The van der Waals surface area contributed by atoms with Gasteiger partial charge in [-0.15, -0.1) is 24.0 Å². The number of nitrogens with zero attached hydrogens (tertiary/aromatic N) is 4. The van der Waals surface area contributed by atoms with Crippen molar-refractivity contribution in [1.29, 1.82) is 0 Å². The van der Waals surface area contributed by atoms with Gasteiger partial charge in [0.15, 0.2) is 11.8 Å². The molecular formula is C19H21Cl2IN6. The quantitative estimate of drug-likeness (QED) is 0.281. The zero-order chi connectivity index (χ0) is 19.1. The molecule has 6 nitrogen and oxygen atoms in total. The van der Waals surface area contributed by atoms with E-state index in [9.17, 15) is 0 Å². The van der Waals surface area contributed by atoms with Crippen LogP contribution in [-0.4, -0.2) is 27.3 Å². The van der Waals surface area contributed by atoms with E-state index in [0.717, 1.165) is 23.5 Å². The Hall–Kier alpha value is -1.84. The molecule has 0 radical (unpaired) electrons. The molecule has 0 amide bonds. The van der Waals surface area contributed by atoms with E-state index in [-0.39, 0.29) is 24.0 Å². The van der Waals surface area contributed by atoms with Crippen molar-refractivity contribution in [2.75, 3.05) is 6.54 Å². The van der Waals surface area contributed by atoms with Crippen LogP contribution in [0.1, 0.15) is 18.1 Å². The summed E-state index contributed by atoms with van der Waals surface area (Å²) < 4.78 is 1.72. The molecule has 148 valence electrons. The lowest BCUT2D eigenvalue weighted by molar-refractivity contribution is 0.813. The molecule has 3 aromatic rings. The van der Waals surface area contributed by atoms with E-state index in [1.165, 1.54) is 0 Å². The number of pyridine rings is 1. The van der Waals surface area contributed by atoms with Gasteiger partial charge in [-0.3, -0.25) is 0 Å². The van der Waals surface area contributed by atoms with Crippen LogP contribution in [0, 0.1) is 0 Å². The first-order chi connectivity index (χ1) is 13.2. The molecule has 0 saturated carbocycles. The maximum atomic E-state index is 6.23. The summed E-state index contributed by atoms with van der Waals surface area (Å²) in [5.41, 5.74) is 1.99. The zero-order valence-electron chi connectivity index (χ0n) is 15.3. The van der Waals surface area contributed by atoms with Gasteiger partial charge in [0.2, 0.25) is 0 Å². The highest BCUT2D eigenvalue weighted by Gasteiger charge is 2.04. The van der Waals surface area contributed by atoms with Crippen molar-refractivity contribution in [3.63, 3.8) is 0 Å². The van der Waals surface area contributed by atoms with Crippen LogP contribution >= 0.6 is 47.2 Å². The molecule has 0 unspecified atom stereocenters. The average molecular weight is 531 g/mol. The molecule has 0 bridgehead atoms. The van der Waals surface area contributed by atoms with Gasteiger partial charge in [-0.2, -0.15) is 5.10 Å². The number of hydrogen-bond donors (Lipinski definition) is 2. The van der Waals surface area contributed by atoms with Gasteiger partial charge in [-0.25, -0.2) is 14.7 Å². The first-order valence-electron chi connectivity index (χ1n) is 8.56. The van der Waals surface area contributed by atoms with Crippen LogP contribution in [0.15, 0.2) is 60.0 Å². The fourth-order valence-electron chi connectivity index (χ4n) is 2.44. The fraction of sp³-hybridized carbons (Fsp3) is 0.211. The second-order valence-corrected chi connectivity index (χ2v) is 6.60. The fourth-order valence-corrected chi connectivity index (χ4v) is 2.92. The molecule has 0 saturated heterocycles. The normalized spacial score (nSPS) is 11.0. The number of benzene rings is 1. The molecule has 0 fully saturated rings. The molecule has 0 spiro atoms. The minimum Gasteiger partial charge on any atom is -0.357 e. The Bertz CT molecular complexity index is 915. The Kier molecular flexibility index (Phi) is 9.01. The van der Waals surface area contributed by atoms with Gasteiger partial charge in [0.05, 0.1) is 6.54 Å². The summed E-state index contributed by atoms with van der Waals surface area (Å²) in [6.07, 6.45) is 5.34. The van der Waals surface area contributed by atoms with Gasteiger partial charge in [0, 0.05) is 41.7 Å². The number of halogens is 3. The summed E-state index contributed by atoms with van der Waals surface area (Å²) in [6, 6.07) is 11.2. The lowest BCUT2D eigenvalue weighted by atomic mass is 10.2. The number of hydrogen-bond acceptors (Lipinski definition) is 3. The SMILES string of the molecule is CCNC(=NCc1ccnc(-n2cccn2)c1)NCc1ccc(Cl)cc1Cl.I. The van der Waals surface area contributed by atoms with E-state index < -0.39 is 0 Å². The lowest BCUT2D eigenvalue weighted by Gasteiger charge is -2.12. The van der Waals surface area contributed by atoms with Gasteiger partial charge in [-0.1, -0.05) is 29.3 Å². The Balaban J connectivity index is 0.00000280. The van der Waals surface area contributed by atoms with E-state index >= 15 is 0 Å². The molecule has 2 aromatic heterocycles. The van der Waals surface area contributed by atoms with Crippen LogP contribution in [-0.2, 0) is 13.1 Å². The topological polar surface area (TPSA) is 67.1 Å². The molecule has 0 aliphatic carbocycles. The molecule has 9 heteroatoms. The number of aromatic nitrogens is 3. The van der Waals surface area contributed by atoms with Crippen molar-refractivity contribution in [2.24, 2.45) is 4.99 Å². The molecule has 2 heterocycles. The largest absolute Gasteiger partial charge is 0.357 e. The second kappa shape index (κ2) is 11.2. The highest BCUT2D eigenvalue weighted by Crippen LogP contribution is 2.20. The molecule has 3 rings (SSSR count). The van der Waals surface area contributed by atoms with Gasteiger partial charge in [0.25, 0.3) is 0 Å². The molecule has 0 aliphatic rings. The number of rotatable bonds is 6. The predicted octanol–water partition coefficient (Wildman–Crippen LogP) is 4.45. The van der Waals surface area contributed by atoms with Crippen LogP contribution < -0.4 is 10.6 Å². The molecule has 2 N–H and O–H groups in total.